The molecular weight excluding hydrogens is 462 g/mol. The van der Waals surface area contributed by atoms with Crippen molar-refractivity contribution < 1.29 is 14.7 Å². The number of aryl methyl sites for hydroxylation is 1. The monoisotopic (exact) mass is 497 g/mol. The molecule has 194 valence electrons. The summed E-state index contributed by atoms with van der Waals surface area (Å²) in [6.07, 6.45) is 3.72. The number of aliphatic hydroxyl groups excluding tert-OH is 1. The van der Waals surface area contributed by atoms with E-state index in [0.29, 0.717) is 32.2 Å². The molecule has 0 unspecified atom stereocenters. The minimum Gasteiger partial charge on any atom is -0.396 e. The van der Waals surface area contributed by atoms with Crippen LogP contribution in [-0.4, -0.2) is 93.2 Å². The smallest absolute Gasteiger partial charge is 0.354 e. The van der Waals surface area contributed by atoms with E-state index in [1.165, 1.54) is 10.1 Å². The molecule has 0 atom stereocenters. The number of aromatic nitrogens is 2. The van der Waals surface area contributed by atoms with Gasteiger partial charge in [0.05, 0.1) is 12.3 Å². The fraction of sp³-hybridized carbons (Fsp3) is 0.520. The number of carbonyl (C=O) groups excluding carboxylic acids is 2. The maximum atomic E-state index is 12.7. The number of nitrogens with zero attached hydrogens (tertiary/aromatic N) is 5. The predicted molar refractivity (Wildman–Crippen MR) is 136 cm³/mol. The Kier molecular flexibility index (Phi) is 8.34. The Hall–Kier alpha value is -3.28. The van der Waals surface area contributed by atoms with Crippen LogP contribution in [0.15, 0.2) is 35.3 Å². The Morgan fingerprint density at radius 1 is 1.08 bits per heavy atom. The van der Waals surface area contributed by atoms with Gasteiger partial charge in [-0.15, -0.1) is 0 Å². The summed E-state index contributed by atoms with van der Waals surface area (Å²) < 4.78 is 1.46. The third-order valence-electron chi connectivity index (χ3n) is 6.91. The molecule has 2 fully saturated rings. The van der Waals surface area contributed by atoms with Gasteiger partial charge < -0.3 is 20.6 Å². The molecule has 0 saturated carbocycles. The second-order valence-electron chi connectivity index (χ2n) is 9.46. The minimum atomic E-state index is -0.482. The molecule has 4 N–H and O–H groups in total. The van der Waals surface area contributed by atoms with Crippen molar-refractivity contribution in [1.82, 2.24) is 24.3 Å². The van der Waals surface area contributed by atoms with Crippen LogP contribution >= 0.6 is 0 Å². The zero-order chi connectivity index (χ0) is 25.7. The van der Waals surface area contributed by atoms with Gasteiger partial charge in [-0.2, -0.15) is 4.98 Å². The van der Waals surface area contributed by atoms with Gasteiger partial charge in [-0.25, -0.2) is 9.59 Å². The number of nitrogens with one attached hydrogen (secondary N) is 1. The Labute approximate surface area is 210 Å². The maximum absolute atomic E-state index is 12.7. The molecule has 11 heteroatoms. The van der Waals surface area contributed by atoms with E-state index in [4.69, 9.17) is 10.8 Å². The first-order chi connectivity index (χ1) is 17.3. The third-order valence-corrected chi connectivity index (χ3v) is 6.91. The first-order valence-corrected chi connectivity index (χ1v) is 12.5. The summed E-state index contributed by atoms with van der Waals surface area (Å²) in [5.74, 6) is 0.0546. The number of aliphatic hydroxyl groups is 1. The number of carbonyl (C=O) groups is 2. The van der Waals surface area contributed by atoms with Crippen LogP contribution in [0.3, 0.4) is 0 Å². The number of rotatable bonds is 6. The van der Waals surface area contributed by atoms with Crippen molar-refractivity contribution in [2.45, 2.75) is 38.8 Å². The Bertz CT molecular complexity index is 1140. The average molecular weight is 498 g/mol. The average Bonchev–Trinajstić information content (AvgIpc) is 2.87. The molecule has 2 aliphatic heterocycles. The molecule has 2 saturated heterocycles. The van der Waals surface area contributed by atoms with Crippen molar-refractivity contribution >= 4 is 17.8 Å². The van der Waals surface area contributed by atoms with Crippen LogP contribution in [0.1, 0.15) is 30.4 Å². The summed E-state index contributed by atoms with van der Waals surface area (Å²) in [7, 11) is 0. The standard InChI is InChI=1S/C25H35N7O4/c1-18-16-21(3-2-19(18)17-29-8-4-20(26)5-9-29)32-10-6-22(28-25(32)36)27-24(35)31-13-11-30(12-14-31)23(34)7-15-33/h2-3,6,10,16,20,33H,4-5,7-9,11-15,17,26H2,1H3,(H,27,28,35,36). The molecule has 3 amide bonds. The van der Waals surface area contributed by atoms with Crippen LogP contribution < -0.4 is 16.7 Å². The number of piperidine rings is 1. The highest BCUT2D eigenvalue weighted by Crippen LogP contribution is 2.18. The van der Waals surface area contributed by atoms with Crippen LogP contribution in [0.2, 0.25) is 0 Å². The lowest BCUT2D eigenvalue weighted by Crippen LogP contribution is -2.51. The second kappa shape index (κ2) is 11.6. The molecule has 2 aliphatic rings. The fourth-order valence-electron chi connectivity index (χ4n) is 4.63. The first kappa shape index (κ1) is 25.8. The highest BCUT2D eigenvalue weighted by Gasteiger charge is 2.24. The van der Waals surface area contributed by atoms with E-state index >= 15 is 0 Å². The van der Waals surface area contributed by atoms with Gasteiger partial charge in [0.25, 0.3) is 0 Å². The van der Waals surface area contributed by atoms with Gasteiger partial charge in [0, 0.05) is 51.4 Å². The lowest BCUT2D eigenvalue weighted by molar-refractivity contribution is -0.133. The molecule has 2 aromatic rings. The lowest BCUT2D eigenvalue weighted by Gasteiger charge is -2.34. The second-order valence-corrected chi connectivity index (χ2v) is 9.46. The zero-order valence-electron chi connectivity index (χ0n) is 20.7. The molecular formula is C25H35N7O4. The van der Waals surface area contributed by atoms with E-state index in [2.05, 4.69) is 15.2 Å². The summed E-state index contributed by atoms with van der Waals surface area (Å²) >= 11 is 0. The summed E-state index contributed by atoms with van der Waals surface area (Å²) in [4.78, 5) is 46.9. The lowest BCUT2D eigenvalue weighted by atomic mass is 10.0. The molecule has 3 heterocycles. The van der Waals surface area contributed by atoms with Gasteiger partial charge in [-0.1, -0.05) is 6.07 Å². The first-order valence-electron chi connectivity index (χ1n) is 12.5. The van der Waals surface area contributed by atoms with E-state index in [0.717, 1.165) is 43.7 Å². The van der Waals surface area contributed by atoms with Crippen molar-refractivity contribution in [3.8, 4) is 5.69 Å². The van der Waals surface area contributed by atoms with E-state index < -0.39 is 5.69 Å². The van der Waals surface area contributed by atoms with E-state index in [1.54, 1.807) is 22.1 Å². The van der Waals surface area contributed by atoms with Gasteiger partial charge in [0.2, 0.25) is 5.91 Å². The molecule has 4 rings (SSSR count). The van der Waals surface area contributed by atoms with E-state index in [1.807, 2.05) is 25.1 Å². The van der Waals surface area contributed by atoms with Gasteiger partial charge in [0.1, 0.15) is 5.82 Å². The molecule has 1 aromatic carbocycles. The molecule has 0 aliphatic carbocycles. The van der Waals surface area contributed by atoms with Crippen LogP contribution in [-0.2, 0) is 11.3 Å². The number of piperazine rings is 1. The number of benzene rings is 1. The zero-order valence-corrected chi connectivity index (χ0v) is 20.7. The largest absolute Gasteiger partial charge is 0.396 e. The number of nitrogens with two attached hydrogens (primary N) is 1. The summed E-state index contributed by atoms with van der Waals surface area (Å²) in [6.45, 7) is 6.26. The molecule has 0 spiro atoms. The molecule has 36 heavy (non-hydrogen) atoms. The van der Waals surface area contributed by atoms with Gasteiger partial charge in [0.15, 0.2) is 0 Å². The number of anilines is 1. The normalized spacial score (nSPS) is 17.3. The Morgan fingerprint density at radius 2 is 1.78 bits per heavy atom. The van der Waals surface area contributed by atoms with Crippen LogP contribution in [0, 0.1) is 6.92 Å². The number of hydrogen-bond acceptors (Lipinski definition) is 7. The molecule has 0 radical (unpaired) electrons. The maximum Gasteiger partial charge on any atom is 0.354 e. The highest BCUT2D eigenvalue weighted by atomic mass is 16.3. The van der Waals surface area contributed by atoms with Gasteiger partial charge in [-0.05, 0) is 62.2 Å². The number of amides is 3. The number of hydrogen-bond donors (Lipinski definition) is 3. The molecule has 0 bridgehead atoms. The van der Waals surface area contributed by atoms with E-state index in [-0.39, 0.29) is 30.8 Å². The Morgan fingerprint density at radius 3 is 2.42 bits per heavy atom. The minimum absolute atomic E-state index is 0.0856. The van der Waals surface area contributed by atoms with Crippen LogP contribution in [0.5, 0.6) is 0 Å². The molecule has 1 aromatic heterocycles. The quantitative estimate of drug-likeness (QED) is 0.529. The summed E-state index contributed by atoms with van der Waals surface area (Å²) in [5.41, 5.74) is 8.56. The van der Waals surface area contributed by atoms with Crippen molar-refractivity contribution in [3.05, 3.63) is 52.1 Å². The van der Waals surface area contributed by atoms with Crippen molar-refractivity contribution in [2.75, 3.05) is 51.2 Å². The topological polar surface area (TPSA) is 137 Å². The highest BCUT2D eigenvalue weighted by molar-refractivity contribution is 5.88. The number of urea groups is 1. The summed E-state index contributed by atoms with van der Waals surface area (Å²) in [5, 5.41) is 11.6. The predicted octanol–water partition coefficient (Wildman–Crippen LogP) is 0.523. The molecule has 11 nitrogen and oxygen atoms in total. The SMILES string of the molecule is Cc1cc(-n2ccc(NC(=O)N3CCN(C(=O)CCO)CC3)nc2=O)ccc1CN1CCC(N)CC1. The number of likely N-dealkylation sites (tertiary alicyclic amines) is 1. The fourth-order valence-corrected chi connectivity index (χ4v) is 4.63. The van der Waals surface area contributed by atoms with Crippen LogP contribution in [0.4, 0.5) is 10.6 Å². The van der Waals surface area contributed by atoms with Gasteiger partial charge in [-0.3, -0.25) is 19.6 Å². The Balaban J connectivity index is 1.35. The third kappa shape index (κ3) is 6.28. The van der Waals surface area contributed by atoms with Gasteiger partial charge >= 0.3 is 11.7 Å². The van der Waals surface area contributed by atoms with E-state index in [9.17, 15) is 14.4 Å². The van der Waals surface area contributed by atoms with Crippen molar-refractivity contribution in [2.24, 2.45) is 5.73 Å². The van der Waals surface area contributed by atoms with Crippen molar-refractivity contribution in [3.63, 3.8) is 0 Å². The summed E-state index contributed by atoms with van der Waals surface area (Å²) in [6, 6.07) is 7.47. The van der Waals surface area contributed by atoms with Crippen LogP contribution in [0.25, 0.3) is 5.69 Å². The van der Waals surface area contributed by atoms with Crippen molar-refractivity contribution in [1.29, 1.82) is 0 Å².